The first-order chi connectivity index (χ1) is 13.3. The van der Waals surface area contributed by atoms with Crippen LogP contribution in [0.5, 0.6) is 0 Å². The zero-order chi connectivity index (χ0) is 18.2. The fourth-order valence-electron chi connectivity index (χ4n) is 3.67. The maximum atomic E-state index is 6.28. The second-order valence-corrected chi connectivity index (χ2v) is 8.14. The molecule has 0 aliphatic carbocycles. The molecule has 6 heteroatoms. The summed E-state index contributed by atoms with van der Waals surface area (Å²) < 4.78 is 1.74. The molecule has 1 saturated heterocycles. The third-order valence-electron chi connectivity index (χ3n) is 5.10. The van der Waals surface area contributed by atoms with E-state index < -0.39 is 0 Å². The number of benzene rings is 2. The SMILES string of the molecule is Nc1cc(CN2CCSCC2)nc2c(-c3ccc4ccccc4c3)cnn12. The number of rotatable bonds is 3. The van der Waals surface area contributed by atoms with E-state index in [9.17, 15) is 0 Å². The number of aromatic nitrogens is 3. The molecule has 4 aromatic rings. The van der Waals surface area contributed by atoms with E-state index in [1.54, 1.807) is 4.52 Å². The standard InChI is InChI=1S/C21H21N5S/c22-20-12-18(14-25-7-9-27-10-8-25)24-21-19(13-23-26(20)21)17-6-5-15-3-1-2-4-16(15)11-17/h1-6,11-13H,7-10,14,22H2. The molecule has 1 aliphatic rings. The van der Waals surface area contributed by atoms with Crippen molar-refractivity contribution in [2.45, 2.75) is 6.54 Å². The number of nitrogen functional groups attached to an aromatic ring is 1. The lowest BCUT2D eigenvalue weighted by Crippen LogP contribution is -2.32. The monoisotopic (exact) mass is 375 g/mol. The quantitative estimate of drug-likeness (QED) is 0.592. The molecule has 1 aliphatic heterocycles. The first-order valence-electron chi connectivity index (χ1n) is 9.20. The van der Waals surface area contributed by atoms with Gasteiger partial charge in [0.1, 0.15) is 5.82 Å². The molecule has 0 spiro atoms. The van der Waals surface area contributed by atoms with Crippen LogP contribution in [0.2, 0.25) is 0 Å². The van der Waals surface area contributed by atoms with Crippen LogP contribution in [0.15, 0.2) is 54.7 Å². The second kappa shape index (κ2) is 6.87. The fourth-order valence-corrected chi connectivity index (χ4v) is 4.65. The van der Waals surface area contributed by atoms with Crippen molar-refractivity contribution < 1.29 is 0 Å². The van der Waals surface area contributed by atoms with Crippen molar-refractivity contribution in [3.05, 3.63) is 60.4 Å². The van der Waals surface area contributed by atoms with Gasteiger partial charge in [-0.05, 0) is 22.4 Å². The molecule has 5 nitrogen and oxygen atoms in total. The number of anilines is 1. The topological polar surface area (TPSA) is 59.5 Å². The molecule has 2 aromatic carbocycles. The van der Waals surface area contributed by atoms with Crippen LogP contribution in [0, 0.1) is 0 Å². The van der Waals surface area contributed by atoms with Crippen molar-refractivity contribution in [2.24, 2.45) is 0 Å². The van der Waals surface area contributed by atoms with Crippen LogP contribution in [0.1, 0.15) is 5.69 Å². The molecule has 0 atom stereocenters. The number of hydrogen-bond acceptors (Lipinski definition) is 5. The van der Waals surface area contributed by atoms with Crippen molar-refractivity contribution >= 4 is 34.0 Å². The van der Waals surface area contributed by atoms with Crippen LogP contribution in [-0.2, 0) is 6.54 Å². The van der Waals surface area contributed by atoms with E-state index in [4.69, 9.17) is 10.7 Å². The fraction of sp³-hybridized carbons (Fsp3) is 0.238. The van der Waals surface area contributed by atoms with Gasteiger partial charge in [-0.15, -0.1) is 0 Å². The van der Waals surface area contributed by atoms with E-state index >= 15 is 0 Å². The largest absolute Gasteiger partial charge is 0.384 e. The Morgan fingerprint density at radius 1 is 1.00 bits per heavy atom. The minimum Gasteiger partial charge on any atom is -0.384 e. The van der Waals surface area contributed by atoms with Gasteiger partial charge in [-0.25, -0.2) is 4.98 Å². The van der Waals surface area contributed by atoms with E-state index in [0.717, 1.165) is 42.1 Å². The van der Waals surface area contributed by atoms with Crippen LogP contribution in [-0.4, -0.2) is 44.1 Å². The molecule has 0 bridgehead atoms. The van der Waals surface area contributed by atoms with Crippen molar-refractivity contribution in [3.8, 4) is 11.1 Å². The Bertz CT molecular complexity index is 1110. The Morgan fingerprint density at radius 3 is 2.67 bits per heavy atom. The Hall–Kier alpha value is -2.57. The highest BCUT2D eigenvalue weighted by molar-refractivity contribution is 7.99. The predicted molar refractivity (Wildman–Crippen MR) is 113 cm³/mol. The zero-order valence-corrected chi connectivity index (χ0v) is 15.8. The molecule has 0 radical (unpaired) electrons. The van der Waals surface area contributed by atoms with Crippen LogP contribution in [0.4, 0.5) is 5.82 Å². The summed E-state index contributed by atoms with van der Waals surface area (Å²) in [5.74, 6) is 3.01. The van der Waals surface area contributed by atoms with E-state index in [0.29, 0.717) is 5.82 Å². The van der Waals surface area contributed by atoms with Crippen LogP contribution in [0.3, 0.4) is 0 Å². The number of thioether (sulfide) groups is 1. The third-order valence-corrected chi connectivity index (χ3v) is 6.04. The summed E-state index contributed by atoms with van der Waals surface area (Å²) in [6.45, 7) is 3.05. The van der Waals surface area contributed by atoms with Crippen LogP contribution >= 0.6 is 11.8 Å². The zero-order valence-electron chi connectivity index (χ0n) is 15.0. The number of nitrogens with two attached hydrogens (primary N) is 1. The molecule has 0 unspecified atom stereocenters. The van der Waals surface area contributed by atoms with Gasteiger partial charge >= 0.3 is 0 Å². The Balaban J connectivity index is 1.57. The van der Waals surface area contributed by atoms with Gasteiger partial charge < -0.3 is 5.73 Å². The lowest BCUT2D eigenvalue weighted by molar-refractivity contribution is 0.291. The highest BCUT2D eigenvalue weighted by Gasteiger charge is 2.15. The van der Waals surface area contributed by atoms with Gasteiger partial charge in [-0.3, -0.25) is 4.90 Å². The highest BCUT2D eigenvalue weighted by atomic mass is 32.2. The van der Waals surface area contributed by atoms with Crippen LogP contribution in [0.25, 0.3) is 27.5 Å². The van der Waals surface area contributed by atoms with Crippen molar-refractivity contribution in [1.82, 2.24) is 19.5 Å². The molecular formula is C21H21N5S. The second-order valence-electron chi connectivity index (χ2n) is 6.92. The first-order valence-corrected chi connectivity index (χ1v) is 10.4. The van der Waals surface area contributed by atoms with Crippen molar-refractivity contribution in [3.63, 3.8) is 0 Å². The molecule has 3 heterocycles. The molecule has 27 heavy (non-hydrogen) atoms. The third kappa shape index (κ3) is 3.15. The first kappa shape index (κ1) is 16.6. The Morgan fingerprint density at radius 2 is 1.81 bits per heavy atom. The molecule has 0 amide bonds. The van der Waals surface area contributed by atoms with Crippen LogP contribution < -0.4 is 5.73 Å². The van der Waals surface area contributed by atoms with E-state index in [1.807, 2.05) is 24.0 Å². The van der Waals surface area contributed by atoms with E-state index in [1.165, 1.54) is 22.3 Å². The Labute approximate surface area is 162 Å². The van der Waals surface area contributed by atoms with Gasteiger partial charge in [-0.1, -0.05) is 36.4 Å². The summed E-state index contributed by atoms with van der Waals surface area (Å²) in [6.07, 6.45) is 1.87. The lowest BCUT2D eigenvalue weighted by atomic mass is 10.0. The highest BCUT2D eigenvalue weighted by Crippen LogP contribution is 2.28. The summed E-state index contributed by atoms with van der Waals surface area (Å²) in [5.41, 5.74) is 10.2. The summed E-state index contributed by atoms with van der Waals surface area (Å²) in [4.78, 5) is 7.36. The van der Waals surface area contributed by atoms with Gasteiger partial charge in [0.25, 0.3) is 0 Å². The average Bonchev–Trinajstić information content (AvgIpc) is 3.13. The van der Waals surface area contributed by atoms with E-state index in [2.05, 4.69) is 52.5 Å². The molecule has 2 N–H and O–H groups in total. The molecular weight excluding hydrogens is 354 g/mol. The molecule has 2 aromatic heterocycles. The number of fused-ring (bicyclic) bond motifs is 2. The lowest BCUT2D eigenvalue weighted by Gasteiger charge is -2.25. The van der Waals surface area contributed by atoms with Crippen molar-refractivity contribution in [2.75, 3.05) is 30.3 Å². The van der Waals surface area contributed by atoms with Gasteiger partial charge in [0.2, 0.25) is 0 Å². The van der Waals surface area contributed by atoms with Gasteiger partial charge in [0, 0.05) is 42.8 Å². The summed E-state index contributed by atoms with van der Waals surface area (Å²) in [5, 5.41) is 6.92. The number of nitrogens with zero attached hydrogens (tertiary/aromatic N) is 4. The average molecular weight is 376 g/mol. The maximum Gasteiger partial charge on any atom is 0.165 e. The maximum absolute atomic E-state index is 6.28. The van der Waals surface area contributed by atoms with Gasteiger partial charge in [-0.2, -0.15) is 21.4 Å². The summed E-state index contributed by atoms with van der Waals surface area (Å²) in [6, 6.07) is 16.8. The predicted octanol–water partition coefficient (Wildman–Crippen LogP) is 3.68. The molecule has 136 valence electrons. The minimum absolute atomic E-state index is 0.633. The summed E-state index contributed by atoms with van der Waals surface area (Å²) in [7, 11) is 0. The van der Waals surface area contributed by atoms with E-state index in [-0.39, 0.29) is 0 Å². The summed E-state index contributed by atoms with van der Waals surface area (Å²) >= 11 is 2.02. The Kier molecular flexibility index (Phi) is 4.22. The van der Waals surface area contributed by atoms with Crippen molar-refractivity contribution in [1.29, 1.82) is 0 Å². The normalized spacial score (nSPS) is 15.6. The minimum atomic E-state index is 0.633. The van der Waals surface area contributed by atoms with Gasteiger partial charge in [0.15, 0.2) is 5.65 Å². The number of hydrogen-bond donors (Lipinski definition) is 1. The molecule has 1 fully saturated rings. The smallest absolute Gasteiger partial charge is 0.165 e. The molecule has 0 saturated carbocycles. The molecule has 5 rings (SSSR count). The van der Waals surface area contributed by atoms with Gasteiger partial charge in [0.05, 0.1) is 11.9 Å².